The van der Waals surface area contributed by atoms with Crippen LogP contribution in [0.5, 0.6) is 0 Å². The molecule has 1 heterocycles. The maximum atomic E-state index is 5.01. The lowest BCUT2D eigenvalue weighted by atomic mass is 10.1. The van der Waals surface area contributed by atoms with E-state index in [9.17, 15) is 0 Å². The highest BCUT2D eigenvalue weighted by atomic mass is 16.5. The van der Waals surface area contributed by atoms with Gasteiger partial charge in [-0.05, 0) is 28.5 Å². The number of benzene rings is 1. The summed E-state index contributed by atoms with van der Waals surface area (Å²) in [4.78, 5) is 0. The van der Waals surface area contributed by atoms with E-state index in [1.807, 2.05) is 10.7 Å². The Morgan fingerprint density at radius 2 is 2.15 bits per heavy atom. The van der Waals surface area contributed by atoms with Gasteiger partial charge in [0.05, 0.1) is 18.8 Å². The number of rotatable bonds is 8. The van der Waals surface area contributed by atoms with Gasteiger partial charge in [-0.2, -0.15) is 4.68 Å². The highest BCUT2D eigenvalue weighted by molar-refractivity contribution is 5.40. The van der Waals surface area contributed by atoms with Crippen molar-refractivity contribution in [1.29, 1.82) is 0 Å². The average molecular weight is 275 g/mol. The van der Waals surface area contributed by atoms with Crippen molar-refractivity contribution in [3.63, 3.8) is 0 Å². The molecule has 2 rings (SSSR count). The minimum Gasteiger partial charge on any atom is -0.383 e. The Morgan fingerprint density at radius 1 is 1.30 bits per heavy atom. The van der Waals surface area contributed by atoms with Crippen molar-refractivity contribution in [2.75, 3.05) is 20.3 Å². The van der Waals surface area contributed by atoms with E-state index in [1.165, 1.54) is 5.56 Å². The number of aromatic nitrogens is 4. The first-order valence-electron chi connectivity index (χ1n) is 6.92. The Labute approximate surface area is 119 Å². The Morgan fingerprint density at radius 3 is 2.95 bits per heavy atom. The number of tetrazole rings is 1. The fourth-order valence-corrected chi connectivity index (χ4v) is 2.08. The zero-order chi connectivity index (χ0) is 14.2. The summed E-state index contributed by atoms with van der Waals surface area (Å²) < 4.78 is 6.82. The second-order valence-corrected chi connectivity index (χ2v) is 4.56. The maximum Gasteiger partial charge on any atom is 0.170 e. The third-order valence-corrected chi connectivity index (χ3v) is 3.04. The van der Waals surface area contributed by atoms with Crippen LogP contribution in [0.1, 0.15) is 24.7 Å². The van der Waals surface area contributed by atoms with Gasteiger partial charge in [0, 0.05) is 13.7 Å². The van der Waals surface area contributed by atoms with E-state index in [1.54, 1.807) is 7.11 Å². The quantitative estimate of drug-likeness (QED) is 0.737. The lowest BCUT2D eigenvalue weighted by Crippen LogP contribution is -2.21. The number of aryl methyl sites for hydroxylation is 1. The zero-order valence-electron chi connectivity index (χ0n) is 12.0. The molecule has 0 amide bonds. The Hall–Kier alpha value is -1.79. The monoisotopic (exact) mass is 275 g/mol. The van der Waals surface area contributed by atoms with Gasteiger partial charge in [-0.25, -0.2) is 0 Å². The van der Waals surface area contributed by atoms with Gasteiger partial charge in [0.25, 0.3) is 0 Å². The van der Waals surface area contributed by atoms with E-state index in [-0.39, 0.29) is 0 Å². The number of ether oxygens (including phenoxy) is 1. The van der Waals surface area contributed by atoms with E-state index in [2.05, 4.69) is 46.0 Å². The second kappa shape index (κ2) is 7.72. The summed E-state index contributed by atoms with van der Waals surface area (Å²) in [5.41, 5.74) is 2.32. The SMILES string of the molecule is CCCc1ccccc1-n1nnnc1CNCCOC. The van der Waals surface area contributed by atoms with Gasteiger partial charge in [0.15, 0.2) is 5.82 Å². The molecule has 0 spiro atoms. The molecule has 0 aliphatic rings. The van der Waals surface area contributed by atoms with Crippen LogP contribution in [0.3, 0.4) is 0 Å². The molecule has 0 atom stereocenters. The summed E-state index contributed by atoms with van der Waals surface area (Å²) in [6, 6.07) is 8.25. The molecule has 6 heteroatoms. The number of methoxy groups -OCH3 is 1. The summed E-state index contributed by atoms with van der Waals surface area (Å²) in [6.45, 7) is 4.24. The molecule has 20 heavy (non-hydrogen) atoms. The first kappa shape index (κ1) is 14.6. The molecule has 0 saturated heterocycles. The third-order valence-electron chi connectivity index (χ3n) is 3.04. The normalized spacial score (nSPS) is 10.9. The van der Waals surface area contributed by atoms with Crippen molar-refractivity contribution < 1.29 is 4.74 Å². The minimum atomic E-state index is 0.622. The smallest absolute Gasteiger partial charge is 0.170 e. The molecule has 0 fully saturated rings. The fourth-order valence-electron chi connectivity index (χ4n) is 2.08. The molecule has 0 bridgehead atoms. The number of nitrogens with one attached hydrogen (secondary N) is 1. The molecule has 2 aromatic rings. The van der Waals surface area contributed by atoms with Crippen LogP contribution in [0.4, 0.5) is 0 Å². The summed E-state index contributed by atoms with van der Waals surface area (Å²) in [5.74, 6) is 0.810. The highest BCUT2D eigenvalue weighted by Crippen LogP contribution is 2.16. The first-order chi connectivity index (χ1) is 9.86. The van der Waals surface area contributed by atoms with Crippen LogP contribution in [-0.2, 0) is 17.7 Å². The van der Waals surface area contributed by atoms with E-state index in [0.29, 0.717) is 13.2 Å². The van der Waals surface area contributed by atoms with E-state index >= 15 is 0 Å². The van der Waals surface area contributed by atoms with E-state index < -0.39 is 0 Å². The lowest BCUT2D eigenvalue weighted by Gasteiger charge is -2.10. The van der Waals surface area contributed by atoms with Crippen LogP contribution in [0.15, 0.2) is 24.3 Å². The molecule has 0 aliphatic heterocycles. The molecule has 0 saturated carbocycles. The fraction of sp³-hybridized carbons (Fsp3) is 0.500. The molecular weight excluding hydrogens is 254 g/mol. The highest BCUT2D eigenvalue weighted by Gasteiger charge is 2.10. The van der Waals surface area contributed by atoms with Gasteiger partial charge in [0.2, 0.25) is 0 Å². The van der Waals surface area contributed by atoms with Gasteiger partial charge in [-0.3, -0.25) is 0 Å². The van der Waals surface area contributed by atoms with E-state index in [4.69, 9.17) is 4.74 Å². The summed E-state index contributed by atoms with van der Waals surface area (Å²) in [6.07, 6.45) is 2.12. The predicted octanol–water partition coefficient (Wildman–Crippen LogP) is 1.35. The molecule has 1 aromatic carbocycles. The minimum absolute atomic E-state index is 0.622. The Kier molecular flexibility index (Phi) is 5.64. The van der Waals surface area contributed by atoms with E-state index in [0.717, 1.165) is 30.9 Å². The molecule has 0 aliphatic carbocycles. The summed E-state index contributed by atoms with van der Waals surface area (Å²) in [7, 11) is 1.69. The zero-order valence-corrected chi connectivity index (χ0v) is 12.0. The molecule has 0 unspecified atom stereocenters. The summed E-state index contributed by atoms with van der Waals surface area (Å²) in [5, 5.41) is 15.3. The standard InChI is InChI=1S/C14H21N5O/c1-3-6-12-7-4-5-8-13(12)19-14(16-17-18-19)11-15-9-10-20-2/h4-5,7-8,15H,3,6,9-11H2,1-2H3. The van der Waals surface area contributed by atoms with Crippen LogP contribution in [0.2, 0.25) is 0 Å². The van der Waals surface area contributed by atoms with Crippen molar-refractivity contribution in [3.05, 3.63) is 35.7 Å². The number of hydrogen-bond acceptors (Lipinski definition) is 5. The van der Waals surface area contributed by atoms with Crippen molar-refractivity contribution in [2.45, 2.75) is 26.3 Å². The summed E-state index contributed by atoms with van der Waals surface area (Å²) >= 11 is 0. The van der Waals surface area contributed by atoms with Crippen LogP contribution >= 0.6 is 0 Å². The van der Waals surface area contributed by atoms with Crippen molar-refractivity contribution in [3.8, 4) is 5.69 Å². The van der Waals surface area contributed by atoms with Crippen LogP contribution in [0.25, 0.3) is 5.69 Å². The Bertz CT molecular complexity index is 526. The van der Waals surface area contributed by atoms with Crippen LogP contribution in [-0.4, -0.2) is 40.5 Å². The van der Waals surface area contributed by atoms with Crippen molar-refractivity contribution in [2.24, 2.45) is 0 Å². The lowest BCUT2D eigenvalue weighted by molar-refractivity contribution is 0.199. The van der Waals surface area contributed by atoms with Crippen LogP contribution in [0, 0.1) is 0 Å². The van der Waals surface area contributed by atoms with Gasteiger partial charge >= 0.3 is 0 Å². The molecule has 1 N–H and O–H groups in total. The molecule has 1 aromatic heterocycles. The molecule has 0 radical (unpaired) electrons. The Balaban J connectivity index is 2.15. The largest absolute Gasteiger partial charge is 0.383 e. The van der Waals surface area contributed by atoms with Crippen molar-refractivity contribution >= 4 is 0 Å². The molecule has 108 valence electrons. The molecular formula is C14H21N5O. The first-order valence-corrected chi connectivity index (χ1v) is 6.92. The third kappa shape index (κ3) is 3.61. The van der Waals surface area contributed by atoms with Crippen molar-refractivity contribution in [1.82, 2.24) is 25.5 Å². The van der Waals surface area contributed by atoms with Gasteiger partial charge in [-0.15, -0.1) is 5.10 Å². The predicted molar refractivity (Wildman–Crippen MR) is 76.7 cm³/mol. The number of hydrogen-bond donors (Lipinski definition) is 1. The van der Waals surface area contributed by atoms with Crippen LogP contribution < -0.4 is 5.32 Å². The van der Waals surface area contributed by atoms with Gasteiger partial charge in [-0.1, -0.05) is 31.5 Å². The number of nitrogens with zero attached hydrogens (tertiary/aromatic N) is 4. The number of para-hydroxylation sites is 1. The second-order valence-electron chi connectivity index (χ2n) is 4.56. The molecule has 6 nitrogen and oxygen atoms in total. The average Bonchev–Trinajstić information content (AvgIpc) is 2.93. The van der Waals surface area contributed by atoms with Gasteiger partial charge < -0.3 is 10.1 Å². The van der Waals surface area contributed by atoms with Gasteiger partial charge in [0.1, 0.15) is 0 Å². The maximum absolute atomic E-state index is 5.01. The topological polar surface area (TPSA) is 64.9 Å².